The van der Waals surface area contributed by atoms with Crippen LogP contribution in [-0.2, 0) is 13.5 Å². The van der Waals surface area contributed by atoms with E-state index < -0.39 is 0 Å². The number of nitrogens with zero attached hydrogens (tertiary/aromatic N) is 2. The molecule has 4 aromatic rings. The molecular weight excluding hydrogens is 306 g/mol. The van der Waals surface area contributed by atoms with Gasteiger partial charge in [-0.15, -0.1) is 0 Å². The number of rotatable bonds is 2. The van der Waals surface area contributed by atoms with Crippen LogP contribution in [-0.4, -0.2) is 14.8 Å². The van der Waals surface area contributed by atoms with E-state index in [0.717, 1.165) is 23.1 Å². The highest BCUT2D eigenvalue weighted by Gasteiger charge is 2.14. The summed E-state index contributed by atoms with van der Waals surface area (Å²) < 4.78 is 1.77. The van der Waals surface area contributed by atoms with Crippen molar-refractivity contribution in [2.45, 2.75) is 13.3 Å². The molecule has 0 radical (unpaired) electrons. The van der Waals surface area contributed by atoms with Crippen LogP contribution >= 0.6 is 0 Å². The Hall–Kier alpha value is -3.25. The number of benzene rings is 2. The van der Waals surface area contributed by atoms with Crippen molar-refractivity contribution in [2.75, 3.05) is 0 Å². The quantitative estimate of drug-likeness (QED) is 0.540. The van der Waals surface area contributed by atoms with Gasteiger partial charge in [-0.2, -0.15) is 5.10 Å². The molecule has 0 bridgehead atoms. The molecule has 4 rings (SSSR count). The number of H-pyrrole nitrogens is 1. The fraction of sp³-hybridized carbons (Fsp3) is 0.136. The number of aryl methyl sites for hydroxylation is 2. The van der Waals surface area contributed by atoms with Gasteiger partial charge >= 0.3 is 0 Å². The average Bonchev–Trinajstić information content (AvgIpc) is 3.24. The van der Waals surface area contributed by atoms with E-state index in [4.69, 9.17) is 0 Å². The molecule has 0 amide bonds. The number of hydrogen-bond acceptors (Lipinski definition) is 1. The highest BCUT2D eigenvalue weighted by atomic mass is 15.2. The van der Waals surface area contributed by atoms with Crippen LogP contribution in [0.2, 0.25) is 0 Å². The van der Waals surface area contributed by atoms with Crippen LogP contribution in [0.5, 0.6) is 0 Å². The Balaban J connectivity index is 1.94. The first-order valence-electron chi connectivity index (χ1n) is 8.46. The second-order valence-electron chi connectivity index (χ2n) is 6.08. The second-order valence-corrected chi connectivity index (χ2v) is 6.08. The van der Waals surface area contributed by atoms with E-state index in [0.29, 0.717) is 0 Å². The zero-order chi connectivity index (χ0) is 17.2. The first-order valence-corrected chi connectivity index (χ1v) is 8.46. The predicted molar refractivity (Wildman–Crippen MR) is 102 cm³/mol. The summed E-state index contributed by atoms with van der Waals surface area (Å²) in [6, 6.07) is 16.8. The lowest BCUT2D eigenvalue weighted by atomic mass is 9.98. The lowest BCUT2D eigenvalue weighted by Gasteiger charge is -2.04. The lowest BCUT2D eigenvalue weighted by Crippen LogP contribution is -1.85. The molecule has 0 aliphatic carbocycles. The van der Waals surface area contributed by atoms with Gasteiger partial charge in [-0.25, -0.2) is 0 Å². The highest BCUT2D eigenvalue weighted by Crippen LogP contribution is 2.34. The van der Waals surface area contributed by atoms with Crippen LogP contribution in [0.25, 0.3) is 22.0 Å². The summed E-state index contributed by atoms with van der Waals surface area (Å²) in [7, 11) is 1.90. The van der Waals surface area contributed by atoms with Crippen LogP contribution in [0, 0.1) is 11.8 Å². The maximum Gasteiger partial charge on any atom is 0.0646 e. The molecular formula is C22H19N3. The molecule has 2 aromatic heterocycles. The Morgan fingerprint density at radius 3 is 2.60 bits per heavy atom. The average molecular weight is 325 g/mol. The van der Waals surface area contributed by atoms with Gasteiger partial charge < -0.3 is 4.98 Å². The number of aromatic amines is 1. The first-order chi connectivity index (χ1) is 12.3. The Labute approximate surface area is 147 Å². The van der Waals surface area contributed by atoms with Crippen molar-refractivity contribution in [3.05, 3.63) is 77.7 Å². The summed E-state index contributed by atoms with van der Waals surface area (Å²) >= 11 is 0. The summed E-state index contributed by atoms with van der Waals surface area (Å²) in [6.45, 7) is 2.18. The predicted octanol–water partition coefficient (Wildman–Crippen LogP) is 4.53. The van der Waals surface area contributed by atoms with Crippen LogP contribution < -0.4 is 0 Å². The molecule has 2 aromatic carbocycles. The van der Waals surface area contributed by atoms with Crippen molar-refractivity contribution in [1.29, 1.82) is 0 Å². The summed E-state index contributed by atoms with van der Waals surface area (Å²) in [5.41, 5.74) is 6.82. The van der Waals surface area contributed by atoms with E-state index in [1.165, 1.54) is 22.2 Å². The molecule has 25 heavy (non-hydrogen) atoms. The fourth-order valence-electron chi connectivity index (χ4n) is 3.22. The zero-order valence-corrected chi connectivity index (χ0v) is 14.4. The second kappa shape index (κ2) is 6.33. The van der Waals surface area contributed by atoms with E-state index in [9.17, 15) is 0 Å². The first kappa shape index (κ1) is 15.3. The molecule has 0 aliphatic heterocycles. The maximum atomic E-state index is 4.18. The number of hydrogen-bond donors (Lipinski definition) is 1. The van der Waals surface area contributed by atoms with E-state index in [1.54, 1.807) is 10.9 Å². The monoisotopic (exact) mass is 325 g/mol. The minimum atomic E-state index is 0.923. The molecule has 2 heterocycles. The largest absolute Gasteiger partial charge is 0.358 e. The van der Waals surface area contributed by atoms with E-state index in [2.05, 4.69) is 71.3 Å². The van der Waals surface area contributed by atoms with E-state index >= 15 is 0 Å². The number of nitrogens with one attached hydrogen (secondary N) is 1. The van der Waals surface area contributed by atoms with E-state index in [-0.39, 0.29) is 0 Å². The molecule has 0 unspecified atom stereocenters. The third kappa shape index (κ3) is 2.83. The Morgan fingerprint density at radius 2 is 1.88 bits per heavy atom. The molecule has 0 saturated carbocycles. The summed E-state index contributed by atoms with van der Waals surface area (Å²) in [5, 5.41) is 5.38. The molecule has 0 spiro atoms. The lowest BCUT2D eigenvalue weighted by molar-refractivity contribution is 0.767. The van der Waals surface area contributed by atoms with Gasteiger partial charge in [0.15, 0.2) is 0 Å². The SMILES string of the molecule is CCc1[nH]c2cccc(C#Cc3cnn(C)c3)c2c1-c1ccccc1. The summed E-state index contributed by atoms with van der Waals surface area (Å²) in [6.07, 6.45) is 4.67. The van der Waals surface area contributed by atoms with Gasteiger partial charge in [-0.05, 0) is 24.1 Å². The van der Waals surface area contributed by atoms with Crippen LogP contribution in [0.15, 0.2) is 60.9 Å². The number of fused-ring (bicyclic) bond motifs is 1. The minimum Gasteiger partial charge on any atom is -0.358 e. The van der Waals surface area contributed by atoms with Gasteiger partial charge in [0.2, 0.25) is 0 Å². The molecule has 0 atom stereocenters. The van der Waals surface area contributed by atoms with Gasteiger partial charge in [0.25, 0.3) is 0 Å². The molecule has 0 aliphatic rings. The van der Waals surface area contributed by atoms with Crippen molar-refractivity contribution >= 4 is 10.9 Å². The van der Waals surface area contributed by atoms with Gasteiger partial charge in [0.05, 0.1) is 11.8 Å². The summed E-state index contributed by atoms with van der Waals surface area (Å²) in [5.74, 6) is 6.57. The van der Waals surface area contributed by atoms with Gasteiger partial charge in [-0.3, -0.25) is 4.68 Å². The minimum absolute atomic E-state index is 0.923. The topological polar surface area (TPSA) is 33.6 Å². The standard InChI is InChI=1S/C22H19N3/c1-3-19-21(17-8-5-4-6-9-17)22-18(10-7-11-20(22)24-19)13-12-16-14-23-25(2)15-16/h4-11,14-15,24H,3H2,1-2H3. The fourth-order valence-corrected chi connectivity index (χ4v) is 3.22. The Kier molecular flexibility index (Phi) is 3.87. The van der Waals surface area contributed by atoms with Crippen LogP contribution in [0.1, 0.15) is 23.7 Å². The van der Waals surface area contributed by atoms with Gasteiger partial charge in [0, 0.05) is 41.0 Å². The molecule has 3 heteroatoms. The Bertz CT molecular complexity index is 1090. The maximum absolute atomic E-state index is 4.18. The van der Waals surface area contributed by atoms with Crippen LogP contribution in [0.4, 0.5) is 0 Å². The third-order valence-electron chi connectivity index (χ3n) is 4.36. The van der Waals surface area contributed by atoms with Crippen molar-refractivity contribution in [1.82, 2.24) is 14.8 Å². The number of aromatic nitrogens is 3. The van der Waals surface area contributed by atoms with E-state index in [1.807, 2.05) is 19.3 Å². The zero-order valence-electron chi connectivity index (χ0n) is 14.4. The normalized spacial score (nSPS) is 10.6. The van der Waals surface area contributed by atoms with Crippen molar-refractivity contribution in [3.63, 3.8) is 0 Å². The van der Waals surface area contributed by atoms with Crippen molar-refractivity contribution in [2.24, 2.45) is 7.05 Å². The Morgan fingerprint density at radius 1 is 1.04 bits per heavy atom. The smallest absolute Gasteiger partial charge is 0.0646 e. The molecule has 122 valence electrons. The third-order valence-corrected chi connectivity index (χ3v) is 4.36. The van der Waals surface area contributed by atoms with Crippen LogP contribution in [0.3, 0.4) is 0 Å². The van der Waals surface area contributed by atoms with Gasteiger partial charge in [-0.1, -0.05) is 55.2 Å². The molecule has 3 nitrogen and oxygen atoms in total. The molecule has 1 N–H and O–H groups in total. The summed E-state index contributed by atoms with van der Waals surface area (Å²) in [4.78, 5) is 3.57. The molecule has 0 fully saturated rings. The van der Waals surface area contributed by atoms with Crippen molar-refractivity contribution in [3.8, 4) is 23.0 Å². The van der Waals surface area contributed by atoms with Crippen molar-refractivity contribution < 1.29 is 0 Å². The molecule has 0 saturated heterocycles. The van der Waals surface area contributed by atoms with Gasteiger partial charge in [0.1, 0.15) is 0 Å². The highest BCUT2D eigenvalue weighted by molar-refractivity contribution is 6.01.